The van der Waals surface area contributed by atoms with Gasteiger partial charge in [-0.05, 0) is 56.7 Å². The molecule has 1 amide bonds. The van der Waals surface area contributed by atoms with Crippen LogP contribution in [0.25, 0.3) is 10.9 Å². The van der Waals surface area contributed by atoms with Crippen molar-refractivity contribution in [1.82, 2.24) is 4.98 Å². The maximum atomic E-state index is 12.5. The molecule has 0 atom stereocenters. The molecule has 116 valence electrons. The first-order valence-electron chi connectivity index (χ1n) is 7.39. The second kappa shape index (κ2) is 6.01. The lowest BCUT2D eigenvalue weighted by Gasteiger charge is -2.12. The maximum absolute atomic E-state index is 12.5. The van der Waals surface area contributed by atoms with Gasteiger partial charge in [-0.15, -0.1) is 0 Å². The number of nitrogens with zero attached hydrogens (tertiary/aromatic N) is 1. The monoisotopic (exact) mass is 324 g/mol. The van der Waals surface area contributed by atoms with Crippen molar-refractivity contribution >= 4 is 34.1 Å². The zero-order chi connectivity index (χ0) is 16.6. The van der Waals surface area contributed by atoms with E-state index in [4.69, 9.17) is 11.6 Å². The molecule has 0 bridgehead atoms. The number of pyridine rings is 1. The molecule has 3 rings (SSSR count). The number of amides is 1. The third kappa shape index (κ3) is 3.20. The molecule has 1 aromatic heterocycles. The number of benzene rings is 2. The molecule has 1 heterocycles. The Balaban J connectivity index is 2.07. The van der Waals surface area contributed by atoms with Gasteiger partial charge >= 0.3 is 0 Å². The molecule has 0 fully saturated rings. The largest absolute Gasteiger partial charge is 0.321 e. The van der Waals surface area contributed by atoms with Gasteiger partial charge in [-0.25, -0.2) is 0 Å². The fraction of sp³-hybridized carbons (Fsp3) is 0.158. The number of carbonyl (C=O) groups excluding carboxylic acids is 1. The van der Waals surface area contributed by atoms with Crippen LogP contribution in [0.3, 0.4) is 0 Å². The fourth-order valence-electron chi connectivity index (χ4n) is 2.74. The highest BCUT2D eigenvalue weighted by molar-refractivity contribution is 6.31. The van der Waals surface area contributed by atoms with E-state index in [0.717, 1.165) is 33.4 Å². The van der Waals surface area contributed by atoms with E-state index < -0.39 is 0 Å². The molecule has 0 aliphatic carbocycles. The molecule has 0 aliphatic rings. The Morgan fingerprint density at radius 1 is 1.09 bits per heavy atom. The zero-order valence-electron chi connectivity index (χ0n) is 13.3. The Bertz CT molecular complexity index is 919. The Kier molecular flexibility index (Phi) is 4.05. The first-order chi connectivity index (χ1) is 10.9. The Morgan fingerprint density at radius 3 is 2.61 bits per heavy atom. The zero-order valence-corrected chi connectivity index (χ0v) is 14.0. The van der Waals surface area contributed by atoms with Gasteiger partial charge in [0.1, 0.15) is 0 Å². The van der Waals surface area contributed by atoms with Gasteiger partial charge in [-0.2, -0.15) is 0 Å². The first-order valence-corrected chi connectivity index (χ1v) is 7.77. The van der Waals surface area contributed by atoms with Crippen LogP contribution in [0, 0.1) is 20.8 Å². The summed E-state index contributed by atoms with van der Waals surface area (Å²) >= 11 is 5.96. The summed E-state index contributed by atoms with van der Waals surface area (Å²) in [6, 6.07) is 12.9. The summed E-state index contributed by atoms with van der Waals surface area (Å²) in [5.74, 6) is -0.182. The van der Waals surface area contributed by atoms with Crippen LogP contribution in [-0.4, -0.2) is 10.9 Å². The number of carbonyl (C=O) groups is 1. The van der Waals surface area contributed by atoms with Crippen molar-refractivity contribution in [3.8, 4) is 0 Å². The van der Waals surface area contributed by atoms with Crippen molar-refractivity contribution in [2.45, 2.75) is 20.8 Å². The van der Waals surface area contributed by atoms with E-state index in [1.807, 2.05) is 32.9 Å². The van der Waals surface area contributed by atoms with Crippen LogP contribution in [0.1, 0.15) is 27.2 Å². The molecule has 0 radical (unpaired) electrons. The van der Waals surface area contributed by atoms with E-state index in [9.17, 15) is 4.79 Å². The molecule has 1 N–H and O–H groups in total. The number of aryl methyl sites for hydroxylation is 3. The summed E-state index contributed by atoms with van der Waals surface area (Å²) in [5, 5.41) is 4.48. The number of hydrogen-bond donors (Lipinski definition) is 1. The Labute approximate surface area is 140 Å². The number of fused-ring (bicyclic) bond motifs is 1. The SMILES string of the molecule is Cc1cc(C)c2nc(C)cc(NC(=O)c3cccc(Cl)c3)c2c1. The number of rotatable bonds is 2. The average Bonchev–Trinajstić information content (AvgIpc) is 2.48. The van der Waals surface area contributed by atoms with Gasteiger partial charge in [0.05, 0.1) is 11.2 Å². The molecule has 0 saturated carbocycles. The Morgan fingerprint density at radius 2 is 1.87 bits per heavy atom. The number of halogens is 1. The van der Waals surface area contributed by atoms with Gasteiger partial charge < -0.3 is 5.32 Å². The lowest BCUT2D eigenvalue weighted by molar-refractivity contribution is 0.102. The summed E-state index contributed by atoms with van der Waals surface area (Å²) in [7, 11) is 0. The van der Waals surface area contributed by atoms with Crippen LogP contribution in [0.15, 0.2) is 42.5 Å². The molecule has 3 aromatic rings. The van der Waals surface area contributed by atoms with Crippen LogP contribution < -0.4 is 5.32 Å². The quantitative estimate of drug-likeness (QED) is 0.715. The maximum Gasteiger partial charge on any atom is 0.255 e. The molecule has 4 heteroatoms. The van der Waals surface area contributed by atoms with E-state index in [1.165, 1.54) is 0 Å². The topological polar surface area (TPSA) is 42.0 Å². The van der Waals surface area contributed by atoms with E-state index in [1.54, 1.807) is 24.3 Å². The smallest absolute Gasteiger partial charge is 0.255 e. The highest BCUT2D eigenvalue weighted by Gasteiger charge is 2.12. The summed E-state index contributed by atoms with van der Waals surface area (Å²) in [4.78, 5) is 17.1. The van der Waals surface area contributed by atoms with Gasteiger partial charge in [0.2, 0.25) is 0 Å². The molecular weight excluding hydrogens is 308 g/mol. The molecule has 23 heavy (non-hydrogen) atoms. The van der Waals surface area contributed by atoms with E-state index in [0.29, 0.717) is 10.6 Å². The third-order valence-electron chi connectivity index (χ3n) is 3.71. The van der Waals surface area contributed by atoms with Gasteiger partial charge in [0.15, 0.2) is 0 Å². The summed E-state index contributed by atoms with van der Waals surface area (Å²) in [6.45, 7) is 5.99. The van der Waals surface area contributed by atoms with E-state index in [-0.39, 0.29) is 5.91 Å². The minimum absolute atomic E-state index is 0.182. The predicted octanol–water partition coefficient (Wildman–Crippen LogP) is 5.07. The lowest BCUT2D eigenvalue weighted by Crippen LogP contribution is -2.12. The molecular formula is C19H17ClN2O. The van der Waals surface area contributed by atoms with Crippen LogP contribution in [-0.2, 0) is 0 Å². The van der Waals surface area contributed by atoms with Gasteiger partial charge in [0.25, 0.3) is 5.91 Å². The molecule has 0 aliphatic heterocycles. The summed E-state index contributed by atoms with van der Waals surface area (Å²) in [6.07, 6.45) is 0. The lowest BCUT2D eigenvalue weighted by atomic mass is 10.0. The van der Waals surface area contributed by atoms with Crippen molar-refractivity contribution < 1.29 is 4.79 Å². The van der Waals surface area contributed by atoms with Crippen LogP contribution >= 0.6 is 11.6 Å². The molecule has 2 aromatic carbocycles. The predicted molar refractivity (Wildman–Crippen MR) is 95.4 cm³/mol. The van der Waals surface area contributed by atoms with Crippen molar-refractivity contribution in [2.75, 3.05) is 5.32 Å². The second-order valence-electron chi connectivity index (χ2n) is 5.75. The third-order valence-corrected chi connectivity index (χ3v) is 3.95. The van der Waals surface area contributed by atoms with Crippen LogP contribution in [0.5, 0.6) is 0 Å². The van der Waals surface area contributed by atoms with Crippen molar-refractivity contribution in [1.29, 1.82) is 0 Å². The number of nitrogens with one attached hydrogen (secondary N) is 1. The normalized spacial score (nSPS) is 10.8. The number of anilines is 1. The molecule has 0 spiro atoms. The minimum atomic E-state index is -0.182. The van der Waals surface area contributed by atoms with Crippen LogP contribution in [0.4, 0.5) is 5.69 Å². The first kappa shape index (κ1) is 15.5. The standard InChI is InChI=1S/C19H17ClN2O/c1-11-7-12(2)18-16(8-11)17(9-13(3)21-18)22-19(23)14-5-4-6-15(20)10-14/h4-10H,1-3H3,(H,21,22,23). The van der Waals surface area contributed by atoms with E-state index in [2.05, 4.69) is 16.4 Å². The Hall–Kier alpha value is -2.39. The van der Waals surface area contributed by atoms with Crippen LogP contribution in [0.2, 0.25) is 5.02 Å². The number of aromatic nitrogens is 1. The van der Waals surface area contributed by atoms with Gasteiger partial charge in [0, 0.05) is 21.7 Å². The van der Waals surface area contributed by atoms with Gasteiger partial charge in [-0.1, -0.05) is 29.3 Å². The molecule has 0 unspecified atom stereocenters. The van der Waals surface area contributed by atoms with E-state index >= 15 is 0 Å². The fourth-order valence-corrected chi connectivity index (χ4v) is 2.93. The highest BCUT2D eigenvalue weighted by Crippen LogP contribution is 2.27. The second-order valence-corrected chi connectivity index (χ2v) is 6.19. The highest BCUT2D eigenvalue weighted by atomic mass is 35.5. The van der Waals surface area contributed by atoms with Gasteiger partial charge in [-0.3, -0.25) is 9.78 Å². The summed E-state index contributed by atoms with van der Waals surface area (Å²) in [5.41, 5.74) is 5.32. The number of hydrogen-bond acceptors (Lipinski definition) is 2. The average molecular weight is 325 g/mol. The molecule has 3 nitrogen and oxygen atoms in total. The van der Waals surface area contributed by atoms with Crippen molar-refractivity contribution in [2.24, 2.45) is 0 Å². The van der Waals surface area contributed by atoms with Crippen molar-refractivity contribution in [3.05, 3.63) is 69.9 Å². The molecule has 0 saturated heterocycles. The summed E-state index contributed by atoms with van der Waals surface area (Å²) < 4.78 is 0. The van der Waals surface area contributed by atoms with Crippen molar-refractivity contribution in [3.63, 3.8) is 0 Å². The minimum Gasteiger partial charge on any atom is -0.321 e.